The Morgan fingerprint density at radius 2 is 2.00 bits per heavy atom. The van der Waals surface area contributed by atoms with E-state index in [1.165, 1.54) is 11.1 Å². The zero-order valence-electron chi connectivity index (χ0n) is 7.97. The predicted molar refractivity (Wildman–Crippen MR) is 61.7 cm³/mol. The zero-order chi connectivity index (χ0) is 9.68. The monoisotopic (exact) mass is 239 g/mol. The Morgan fingerprint density at radius 3 is 2.54 bits per heavy atom. The molecule has 1 aromatic rings. The third-order valence-electron chi connectivity index (χ3n) is 1.91. The summed E-state index contributed by atoms with van der Waals surface area (Å²) in [4.78, 5) is 0. The normalized spacial score (nSPS) is 11.8. The number of halogens is 1. The fraction of sp³-hybridized carbons (Fsp3) is 0.273. The smallest absolute Gasteiger partial charge is 0.0175 e. The van der Waals surface area contributed by atoms with Gasteiger partial charge in [-0.1, -0.05) is 34.1 Å². The van der Waals surface area contributed by atoms with Gasteiger partial charge in [0.1, 0.15) is 0 Å². The van der Waals surface area contributed by atoms with E-state index in [-0.39, 0.29) is 0 Å². The highest BCUT2D eigenvalue weighted by molar-refractivity contribution is 9.10. The average molecular weight is 240 g/mol. The quantitative estimate of drug-likeness (QED) is 0.856. The molecule has 0 heterocycles. The van der Waals surface area contributed by atoms with Gasteiger partial charge < -0.3 is 5.32 Å². The minimum absolute atomic E-state index is 0.919. The summed E-state index contributed by atoms with van der Waals surface area (Å²) >= 11 is 3.42. The first-order chi connectivity index (χ1) is 6.24. The molecule has 0 bridgehead atoms. The van der Waals surface area contributed by atoms with Crippen molar-refractivity contribution in [1.82, 2.24) is 5.32 Å². The van der Waals surface area contributed by atoms with Crippen LogP contribution in [0.2, 0.25) is 0 Å². The molecule has 0 fully saturated rings. The molecule has 0 amide bonds. The highest BCUT2D eigenvalue weighted by Gasteiger charge is 1.93. The lowest BCUT2D eigenvalue weighted by atomic mass is 10.1. The number of hydrogen-bond acceptors (Lipinski definition) is 1. The van der Waals surface area contributed by atoms with Gasteiger partial charge >= 0.3 is 0 Å². The molecule has 0 unspecified atom stereocenters. The average Bonchev–Trinajstić information content (AvgIpc) is 2.15. The van der Waals surface area contributed by atoms with E-state index in [1.54, 1.807) is 0 Å². The second kappa shape index (κ2) is 5.20. The Hall–Kier alpha value is -0.600. The maximum atomic E-state index is 3.42. The summed E-state index contributed by atoms with van der Waals surface area (Å²) in [5.74, 6) is 0. The molecule has 0 aliphatic carbocycles. The molecule has 1 nitrogen and oxygen atoms in total. The lowest BCUT2D eigenvalue weighted by molar-refractivity contribution is 0.920. The zero-order valence-corrected chi connectivity index (χ0v) is 9.56. The van der Waals surface area contributed by atoms with Gasteiger partial charge in [0.15, 0.2) is 0 Å². The number of likely N-dealkylation sites (N-methyl/N-ethyl adjacent to an activating group) is 1. The van der Waals surface area contributed by atoms with Crippen molar-refractivity contribution in [1.29, 1.82) is 0 Å². The van der Waals surface area contributed by atoms with Crippen LogP contribution in [0.1, 0.15) is 12.5 Å². The van der Waals surface area contributed by atoms with Crippen LogP contribution in [-0.4, -0.2) is 13.6 Å². The van der Waals surface area contributed by atoms with Gasteiger partial charge in [-0.25, -0.2) is 0 Å². The van der Waals surface area contributed by atoms with Gasteiger partial charge in [-0.2, -0.15) is 0 Å². The molecular weight excluding hydrogens is 226 g/mol. The highest BCUT2D eigenvalue weighted by atomic mass is 79.9. The number of allylic oxidation sites excluding steroid dienone is 1. The van der Waals surface area contributed by atoms with E-state index in [2.05, 4.69) is 58.5 Å². The molecule has 0 saturated heterocycles. The van der Waals surface area contributed by atoms with E-state index in [4.69, 9.17) is 0 Å². The molecule has 0 saturated carbocycles. The maximum absolute atomic E-state index is 3.42. The van der Waals surface area contributed by atoms with Crippen LogP contribution in [0, 0.1) is 0 Å². The Labute approximate surface area is 88.0 Å². The van der Waals surface area contributed by atoms with E-state index in [1.807, 2.05) is 7.05 Å². The summed E-state index contributed by atoms with van der Waals surface area (Å²) in [7, 11) is 1.95. The molecule has 0 aromatic heterocycles. The van der Waals surface area contributed by atoms with E-state index in [9.17, 15) is 0 Å². The fourth-order valence-corrected chi connectivity index (χ4v) is 1.35. The molecule has 0 spiro atoms. The molecule has 0 radical (unpaired) electrons. The van der Waals surface area contributed by atoms with Gasteiger partial charge in [-0.3, -0.25) is 0 Å². The van der Waals surface area contributed by atoms with Crippen LogP contribution in [0.15, 0.2) is 34.8 Å². The van der Waals surface area contributed by atoms with Crippen molar-refractivity contribution < 1.29 is 0 Å². The standard InChI is InChI=1S/C11H14BrN/c1-9(7-8-13-2)10-3-5-11(12)6-4-10/h3-7,13H,8H2,1-2H3/b9-7-. The van der Waals surface area contributed by atoms with Gasteiger partial charge in [0, 0.05) is 11.0 Å². The predicted octanol–water partition coefficient (Wildman–Crippen LogP) is 3.07. The number of benzene rings is 1. The minimum atomic E-state index is 0.919. The minimum Gasteiger partial charge on any atom is -0.316 e. The molecule has 2 heteroatoms. The van der Waals surface area contributed by atoms with Crippen LogP contribution in [0.4, 0.5) is 0 Å². The first-order valence-corrected chi connectivity index (χ1v) is 5.10. The van der Waals surface area contributed by atoms with E-state index in [0.29, 0.717) is 0 Å². The van der Waals surface area contributed by atoms with Gasteiger partial charge in [0.25, 0.3) is 0 Å². The van der Waals surface area contributed by atoms with E-state index < -0.39 is 0 Å². The van der Waals surface area contributed by atoms with Gasteiger partial charge in [-0.05, 0) is 37.2 Å². The highest BCUT2D eigenvalue weighted by Crippen LogP contribution is 2.16. The number of hydrogen-bond donors (Lipinski definition) is 1. The first-order valence-electron chi connectivity index (χ1n) is 4.31. The van der Waals surface area contributed by atoms with Crippen molar-refractivity contribution in [3.63, 3.8) is 0 Å². The lowest BCUT2D eigenvalue weighted by Crippen LogP contribution is -2.04. The summed E-state index contributed by atoms with van der Waals surface area (Å²) < 4.78 is 1.12. The Balaban J connectivity index is 2.77. The first kappa shape index (κ1) is 10.5. The van der Waals surface area contributed by atoms with Crippen molar-refractivity contribution in [3.8, 4) is 0 Å². The SMILES string of the molecule is CNC/C=C(/C)c1ccc(Br)cc1. The summed E-state index contributed by atoms with van der Waals surface area (Å²) in [6, 6.07) is 8.36. The summed E-state index contributed by atoms with van der Waals surface area (Å²) in [5.41, 5.74) is 2.58. The molecule has 0 aliphatic heterocycles. The second-order valence-corrected chi connectivity index (χ2v) is 3.87. The van der Waals surface area contributed by atoms with Crippen LogP contribution in [0.3, 0.4) is 0 Å². The number of rotatable bonds is 3. The lowest BCUT2D eigenvalue weighted by Gasteiger charge is -2.01. The van der Waals surface area contributed by atoms with E-state index in [0.717, 1.165) is 11.0 Å². The Kier molecular flexibility index (Phi) is 4.19. The summed E-state index contributed by atoms with van der Waals surface area (Å²) in [6.45, 7) is 3.04. The van der Waals surface area contributed by atoms with Gasteiger partial charge in [0.2, 0.25) is 0 Å². The molecule has 70 valence electrons. The third kappa shape index (κ3) is 3.33. The molecule has 0 atom stereocenters. The van der Waals surface area contributed by atoms with Crippen LogP contribution in [0.5, 0.6) is 0 Å². The second-order valence-electron chi connectivity index (χ2n) is 2.95. The van der Waals surface area contributed by atoms with Crippen molar-refractivity contribution in [2.24, 2.45) is 0 Å². The molecule has 1 rings (SSSR count). The van der Waals surface area contributed by atoms with Crippen molar-refractivity contribution >= 4 is 21.5 Å². The molecule has 0 aliphatic rings. The third-order valence-corrected chi connectivity index (χ3v) is 2.44. The Morgan fingerprint density at radius 1 is 1.38 bits per heavy atom. The number of nitrogens with one attached hydrogen (secondary N) is 1. The topological polar surface area (TPSA) is 12.0 Å². The molecular formula is C11H14BrN. The Bertz CT molecular complexity index is 287. The largest absolute Gasteiger partial charge is 0.316 e. The molecule has 1 aromatic carbocycles. The fourth-order valence-electron chi connectivity index (χ4n) is 1.09. The van der Waals surface area contributed by atoms with Gasteiger partial charge in [-0.15, -0.1) is 0 Å². The van der Waals surface area contributed by atoms with Crippen molar-refractivity contribution in [3.05, 3.63) is 40.4 Å². The van der Waals surface area contributed by atoms with E-state index >= 15 is 0 Å². The van der Waals surface area contributed by atoms with Crippen LogP contribution >= 0.6 is 15.9 Å². The van der Waals surface area contributed by atoms with Gasteiger partial charge in [0.05, 0.1) is 0 Å². The summed E-state index contributed by atoms with van der Waals surface area (Å²) in [6.07, 6.45) is 2.18. The van der Waals surface area contributed by atoms with Crippen molar-refractivity contribution in [2.75, 3.05) is 13.6 Å². The van der Waals surface area contributed by atoms with Crippen LogP contribution in [0.25, 0.3) is 5.57 Å². The van der Waals surface area contributed by atoms with Crippen LogP contribution in [-0.2, 0) is 0 Å². The maximum Gasteiger partial charge on any atom is 0.0175 e. The van der Waals surface area contributed by atoms with Crippen molar-refractivity contribution in [2.45, 2.75) is 6.92 Å². The van der Waals surface area contributed by atoms with Crippen LogP contribution < -0.4 is 5.32 Å². The molecule has 1 N–H and O–H groups in total. The summed E-state index contributed by atoms with van der Waals surface area (Å²) in [5, 5.41) is 3.09. The molecule has 13 heavy (non-hydrogen) atoms.